The number of fused-ring (bicyclic) bond motifs is 1. The highest BCUT2D eigenvalue weighted by molar-refractivity contribution is 5.95. The number of allylic oxidation sites excluding steroid dienone is 1. The number of carbonyl (C=O) groups excluding carboxylic acids is 2. The van der Waals surface area contributed by atoms with E-state index in [0.717, 1.165) is 18.3 Å². The largest absolute Gasteiger partial charge is 0.491 e. The summed E-state index contributed by atoms with van der Waals surface area (Å²) in [6, 6.07) is 20.1. The first-order valence-corrected chi connectivity index (χ1v) is 9.79. The van der Waals surface area contributed by atoms with Gasteiger partial charge in [0, 0.05) is 31.8 Å². The van der Waals surface area contributed by atoms with Crippen molar-refractivity contribution in [2.24, 2.45) is 0 Å². The summed E-state index contributed by atoms with van der Waals surface area (Å²) in [5.41, 5.74) is 3.37. The SMILES string of the molecule is CN1C[C@H](Cc2ccccc2)N2C=C(C=O)CC(OCc3ccccc3)=C2C1=O. The van der Waals surface area contributed by atoms with Crippen LogP contribution in [0, 0.1) is 0 Å². The topological polar surface area (TPSA) is 49.9 Å². The predicted molar refractivity (Wildman–Crippen MR) is 110 cm³/mol. The van der Waals surface area contributed by atoms with Crippen molar-refractivity contribution >= 4 is 12.2 Å². The summed E-state index contributed by atoms with van der Waals surface area (Å²) in [5.74, 6) is 0.492. The van der Waals surface area contributed by atoms with Gasteiger partial charge in [0.1, 0.15) is 24.3 Å². The Labute approximate surface area is 170 Å². The molecule has 0 unspecified atom stereocenters. The Morgan fingerprint density at radius 2 is 1.69 bits per heavy atom. The normalized spacial score (nSPS) is 19.0. The van der Waals surface area contributed by atoms with Crippen LogP contribution in [0.25, 0.3) is 0 Å². The summed E-state index contributed by atoms with van der Waals surface area (Å²) in [5, 5.41) is 0. The van der Waals surface area contributed by atoms with Gasteiger partial charge in [0.15, 0.2) is 0 Å². The molecule has 2 aliphatic heterocycles. The lowest BCUT2D eigenvalue weighted by atomic mass is 9.97. The second-order valence-corrected chi connectivity index (χ2v) is 7.48. The number of hydrogen-bond acceptors (Lipinski definition) is 4. The lowest BCUT2D eigenvalue weighted by molar-refractivity contribution is -0.131. The van der Waals surface area contributed by atoms with E-state index < -0.39 is 0 Å². The van der Waals surface area contributed by atoms with E-state index in [1.54, 1.807) is 4.90 Å². The van der Waals surface area contributed by atoms with Gasteiger partial charge in [-0.1, -0.05) is 60.7 Å². The third kappa shape index (κ3) is 4.09. The number of nitrogens with zero attached hydrogens (tertiary/aromatic N) is 2. The average molecular weight is 388 g/mol. The minimum Gasteiger partial charge on any atom is -0.491 e. The average Bonchev–Trinajstić information content (AvgIpc) is 2.76. The number of aldehydes is 1. The van der Waals surface area contributed by atoms with Gasteiger partial charge in [0.25, 0.3) is 5.91 Å². The van der Waals surface area contributed by atoms with Gasteiger partial charge in [-0.15, -0.1) is 0 Å². The van der Waals surface area contributed by atoms with Gasteiger partial charge < -0.3 is 14.5 Å². The third-order valence-electron chi connectivity index (χ3n) is 5.34. The zero-order chi connectivity index (χ0) is 20.2. The zero-order valence-corrected chi connectivity index (χ0v) is 16.5. The van der Waals surface area contributed by atoms with Crippen LogP contribution < -0.4 is 0 Å². The first-order valence-electron chi connectivity index (χ1n) is 9.79. The summed E-state index contributed by atoms with van der Waals surface area (Å²) < 4.78 is 6.08. The van der Waals surface area contributed by atoms with Crippen LogP contribution in [-0.4, -0.2) is 41.6 Å². The Kier molecular flexibility index (Phi) is 5.47. The number of benzene rings is 2. The van der Waals surface area contributed by atoms with E-state index in [4.69, 9.17) is 4.74 Å². The maximum atomic E-state index is 13.0. The zero-order valence-electron chi connectivity index (χ0n) is 16.5. The van der Waals surface area contributed by atoms with Gasteiger partial charge in [0.2, 0.25) is 0 Å². The van der Waals surface area contributed by atoms with E-state index in [1.807, 2.05) is 66.7 Å². The van der Waals surface area contributed by atoms with Crippen LogP contribution >= 0.6 is 0 Å². The van der Waals surface area contributed by atoms with Crippen molar-refractivity contribution in [2.45, 2.75) is 25.5 Å². The number of ether oxygens (including phenoxy) is 1. The molecule has 4 rings (SSSR count). The minimum absolute atomic E-state index is 0.0423. The van der Waals surface area contributed by atoms with Crippen LogP contribution in [0.15, 0.2) is 83.9 Å². The van der Waals surface area contributed by atoms with E-state index in [-0.39, 0.29) is 11.9 Å². The van der Waals surface area contributed by atoms with Crippen molar-refractivity contribution in [3.63, 3.8) is 0 Å². The summed E-state index contributed by atoms with van der Waals surface area (Å²) in [6.45, 7) is 0.950. The highest BCUT2D eigenvalue weighted by Gasteiger charge is 2.38. The summed E-state index contributed by atoms with van der Waals surface area (Å²) in [7, 11) is 1.82. The molecular weight excluding hydrogens is 364 g/mol. The minimum atomic E-state index is -0.0708. The van der Waals surface area contributed by atoms with E-state index in [9.17, 15) is 9.59 Å². The summed E-state index contributed by atoms with van der Waals surface area (Å²) in [6.07, 6.45) is 3.78. The van der Waals surface area contributed by atoms with Crippen LogP contribution in [0.4, 0.5) is 0 Å². The highest BCUT2D eigenvalue weighted by Crippen LogP contribution is 2.33. The molecule has 2 aliphatic rings. The molecule has 2 heterocycles. The van der Waals surface area contributed by atoms with Crippen molar-refractivity contribution in [2.75, 3.05) is 13.6 Å². The summed E-state index contributed by atoms with van der Waals surface area (Å²) >= 11 is 0. The molecule has 1 atom stereocenters. The van der Waals surface area contributed by atoms with Gasteiger partial charge in [-0.3, -0.25) is 9.59 Å². The van der Waals surface area contributed by atoms with Crippen LogP contribution in [0.2, 0.25) is 0 Å². The molecule has 0 saturated carbocycles. The molecule has 2 aromatic carbocycles. The lowest BCUT2D eigenvalue weighted by Crippen LogP contribution is -2.53. The molecule has 0 radical (unpaired) electrons. The van der Waals surface area contributed by atoms with Crippen LogP contribution in [-0.2, 0) is 27.4 Å². The van der Waals surface area contributed by atoms with E-state index in [2.05, 4.69) is 12.1 Å². The summed E-state index contributed by atoms with van der Waals surface area (Å²) in [4.78, 5) is 28.3. The predicted octanol–water partition coefficient (Wildman–Crippen LogP) is 3.29. The monoisotopic (exact) mass is 388 g/mol. The molecular formula is C24H24N2O3. The molecule has 0 aliphatic carbocycles. The molecule has 0 N–H and O–H groups in total. The molecule has 148 valence electrons. The Bertz CT molecular complexity index is 951. The molecule has 1 fully saturated rings. The van der Waals surface area contributed by atoms with Crippen LogP contribution in [0.1, 0.15) is 17.5 Å². The molecule has 0 bridgehead atoms. The number of carbonyl (C=O) groups is 2. The Hall–Kier alpha value is -3.34. The number of rotatable bonds is 6. The van der Waals surface area contributed by atoms with Crippen LogP contribution in [0.5, 0.6) is 0 Å². The van der Waals surface area contributed by atoms with E-state index in [1.165, 1.54) is 5.56 Å². The van der Waals surface area contributed by atoms with Gasteiger partial charge in [-0.2, -0.15) is 0 Å². The molecule has 29 heavy (non-hydrogen) atoms. The molecule has 0 aromatic heterocycles. The quantitative estimate of drug-likeness (QED) is 0.713. The van der Waals surface area contributed by atoms with Crippen molar-refractivity contribution in [1.29, 1.82) is 0 Å². The standard InChI is InChI=1S/C24H24N2O3/c1-25-15-21(12-18-8-4-2-5-9-18)26-14-20(16-27)13-22(23(26)24(25)28)29-17-19-10-6-3-7-11-19/h2-11,14,16,21H,12-13,15,17H2,1H3/t21-/m0/s1. The fourth-order valence-electron chi connectivity index (χ4n) is 3.87. The van der Waals surface area contributed by atoms with Crippen molar-refractivity contribution in [1.82, 2.24) is 9.80 Å². The number of likely N-dealkylation sites (N-methyl/N-ethyl adjacent to an activating group) is 1. The highest BCUT2D eigenvalue weighted by atomic mass is 16.5. The van der Waals surface area contributed by atoms with Crippen LogP contribution in [0.3, 0.4) is 0 Å². The first-order chi connectivity index (χ1) is 14.2. The number of hydrogen-bond donors (Lipinski definition) is 0. The number of amides is 1. The van der Waals surface area contributed by atoms with Crippen molar-refractivity contribution in [3.8, 4) is 0 Å². The van der Waals surface area contributed by atoms with Gasteiger partial charge in [-0.05, 0) is 17.5 Å². The Morgan fingerprint density at radius 3 is 2.34 bits per heavy atom. The Morgan fingerprint density at radius 1 is 1.03 bits per heavy atom. The lowest BCUT2D eigenvalue weighted by Gasteiger charge is -2.43. The van der Waals surface area contributed by atoms with Crippen molar-refractivity contribution in [3.05, 3.63) is 95.0 Å². The second-order valence-electron chi connectivity index (χ2n) is 7.48. The molecule has 5 heteroatoms. The van der Waals surface area contributed by atoms with E-state index >= 15 is 0 Å². The fourth-order valence-corrected chi connectivity index (χ4v) is 3.87. The van der Waals surface area contributed by atoms with Gasteiger partial charge in [0.05, 0.1) is 6.04 Å². The number of piperazine rings is 1. The van der Waals surface area contributed by atoms with Crippen molar-refractivity contribution < 1.29 is 14.3 Å². The van der Waals surface area contributed by atoms with E-state index in [0.29, 0.717) is 36.6 Å². The third-order valence-corrected chi connectivity index (χ3v) is 5.34. The smallest absolute Gasteiger partial charge is 0.273 e. The second kappa shape index (κ2) is 8.35. The Balaban J connectivity index is 1.65. The molecule has 5 nitrogen and oxygen atoms in total. The molecule has 2 aromatic rings. The molecule has 1 saturated heterocycles. The first kappa shape index (κ1) is 19.0. The maximum Gasteiger partial charge on any atom is 0.273 e. The molecule has 1 amide bonds. The van der Waals surface area contributed by atoms with Gasteiger partial charge in [-0.25, -0.2) is 0 Å². The maximum absolute atomic E-state index is 13.0. The van der Waals surface area contributed by atoms with Gasteiger partial charge >= 0.3 is 0 Å². The fraction of sp³-hybridized carbons (Fsp3) is 0.250. The molecule has 0 spiro atoms.